The summed E-state index contributed by atoms with van der Waals surface area (Å²) in [6.07, 6.45) is 3.71. The van der Waals surface area contributed by atoms with Gasteiger partial charge >= 0.3 is 0 Å². The van der Waals surface area contributed by atoms with E-state index in [2.05, 4.69) is 17.1 Å². The third kappa shape index (κ3) is 2.11. The molecule has 0 radical (unpaired) electrons. The molecule has 0 spiro atoms. The zero-order chi connectivity index (χ0) is 13.4. The van der Waals surface area contributed by atoms with Gasteiger partial charge < -0.3 is 10.2 Å². The minimum Gasteiger partial charge on any atom is -0.371 e. The number of Topliss-reactive ketones (excluding diaryl/α,β-unsaturated/α-hetero) is 1. The van der Waals surface area contributed by atoms with Crippen molar-refractivity contribution in [3.63, 3.8) is 0 Å². The van der Waals surface area contributed by atoms with Crippen LogP contribution >= 0.6 is 0 Å². The molecule has 19 heavy (non-hydrogen) atoms. The molecule has 100 valence electrons. The van der Waals surface area contributed by atoms with Gasteiger partial charge in [-0.25, -0.2) is 0 Å². The van der Waals surface area contributed by atoms with Crippen LogP contribution in [0.2, 0.25) is 0 Å². The number of rotatable bonds is 2. The van der Waals surface area contributed by atoms with Crippen molar-refractivity contribution in [1.29, 1.82) is 0 Å². The largest absolute Gasteiger partial charge is 0.371 e. The molecule has 4 heteroatoms. The maximum atomic E-state index is 11.6. The highest BCUT2D eigenvalue weighted by molar-refractivity contribution is 6.51. The predicted octanol–water partition coefficient (Wildman–Crippen LogP) is 2.45. The Bertz CT molecular complexity index is 539. The highest BCUT2D eigenvalue weighted by atomic mass is 16.2. The number of carbonyl (C=O) groups is 2. The third-order valence-electron chi connectivity index (χ3n) is 4.16. The molecule has 1 unspecified atom stereocenters. The fourth-order valence-corrected chi connectivity index (χ4v) is 2.96. The Balaban J connectivity index is 1.85. The average Bonchev–Trinajstić information content (AvgIpc) is 2.73. The zero-order valence-electron chi connectivity index (χ0n) is 11.1. The summed E-state index contributed by atoms with van der Waals surface area (Å²) in [4.78, 5) is 25.3. The first kappa shape index (κ1) is 12.2. The quantitative estimate of drug-likeness (QED) is 0.829. The van der Waals surface area contributed by atoms with Gasteiger partial charge in [0.2, 0.25) is 0 Å². The van der Waals surface area contributed by atoms with Crippen LogP contribution in [0.3, 0.4) is 0 Å². The van der Waals surface area contributed by atoms with Crippen molar-refractivity contribution in [3.05, 3.63) is 23.8 Å². The Morgan fingerprint density at radius 1 is 1.37 bits per heavy atom. The molecule has 1 atom stereocenters. The first-order valence-electron chi connectivity index (χ1n) is 6.93. The number of piperidine rings is 1. The number of hydrogen-bond donors (Lipinski definition) is 1. The standard InChI is InChI=1S/C15H18N2O2/c1-2-10-4-3-7-17(9-10)11-5-6-12-13(8-11)16-15(19)14(12)18/h5-6,8,10H,2-4,7,9H2,1H3,(H,16,18,19). The van der Waals surface area contributed by atoms with Gasteiger partial charge in [-0.05, 0) is 37.0 Å². The van der Waals surface area contributed by atoms with Crippen molar-refractivity contribution in [1.82, 2.24) is 0 Å². The second-order valence-electron chi connectivity index (χ2n) is 5.38. The van der Waals surface area contributed by atoms with Crippen LogP contribution in [-0.2, 0) is 4.79 Å². The van der Waals surface area contributed by atoms with Crippen molar-refractivity contribution in [2.24, 2.45) is 5.92 Å². The molecule has 0 bridgehead atoms. The van der Waals surface area contributed by atoms with Gasteiger partial charge in [-0.1, -0.05) is 13.3 Å². The first-order valence-corrected chi connectivity index (χ1v) is 6.93. The van der Waals surface area contributed by atoms with E-state index in [9.17, 15) is 9.59 Å². The summed E-state index contributed by atoms with van der Waals surface area (Å²) < 4.78 is 0. The number of nitrogens with zero attached hydrogens (tertiary/aromatic N) is 1. The maximum absolute atomic E-state index is 11.6. The lowest BCUT2D eigenvalue weighted by Crippen LogP contribution is -2.35. The van der Waals surface area contributed by atoms with E-state index in [0.29, 0.717) is 11.3 Å². The highest BCUT2D eigenvalue weighted by Gasteiger charge is 2.28. The molecular weight excluding hydrogens is 240 g/mol. The molecule has 2 heterocycles. The van der Waals surface area contributed by atoms with Crippen molar-refractivity contribution in [3.8, 4) is 0 Å². The SMILES string of the molecule is CCC1CCCN(c2ccc3c(c2)NC(=O)C3=O)C1. The number of fused-ring (bicyclic) bond motifs is 1. The van der Waals surface area contributed by atoms with Gasteiger partial charge in [0.05, 0.1) is 11.3 Å². The lowest BCUT2D eigenvalue weighted by Gasteiger charge is -2.34. The van der Waals surface area contributed by atoms with E-state index in [1.807, 2.05) is 12.1 Å². The normalized spacial score (nSPS) is 22.4. The van der Waals surface area contributed by atoms with Gasteiger partial charge in [0, 0.05) is 18.8 Å². The summed E-state index contributed by atoms with van der Waals surface area (Å²) in [6, 6.07) is 5.64. The van der Waals surface area contributed by atoms with Gasteiger partial charge in [-0.3, -0.25) is 9.59 Å². The summed E-state index contributed by atoms with van der Waals surface area (Å²) in [7, 11) is 0. The summed E-state index contributed by atoms with van der Waals surface area (Å²) in [5.41, 5.74) is 2.26. The average molecular weight is 258 g/mol. The molecule has 1 aromatic carbocycles. The van der Waals surface area contributed by atoms with E-state index < -0.39 is 11.7 Å². The van der Waals surface area contributed by atoms with E-state index in [-0.39, 0.29) is 0 Å². The lowest BCUT2D eigenvalue weighted by atomic mass is 9.95. The Hall–Kier alpha value is -1.84. The molecule has 3 rings (SSSR count). The van der Waals surface area contributed by atoms with Crippen LogP contribution in [0.4, 0.5) is 11.4 Å². The molecule has 1 saturated heterocycles. The highest BCUT2D eigenvalue weighted by Crippen LogP contribution is 2.31. The summed E-state index contributed by atoms with van der Waals surface area (Å²) in [5, 5.41) is 2.64. The van der Waals surface area contributed by atoms with Crippen LogP contribution in [0.5, 0.6) is 0 Å². The van der Waals surface area contributed by atoms with Crippen molar-refractivity contribution >= 4 is 23.1 Å². The molecular formula is C15H18N2O2. The van der Waals surface area contributed by atoms with Crippen LogP contribution in [0.1, 0.15) is 36.5 Å². The number of nitrogens with one attached hydrogen (secondary N) is 1. The van der Waals surface area contributed by atoms with Crippen LogP contribution in [-0.4, -0.2) is 24.8 Å². The van der Waals surface area contributed by atoms with Gasteiger partial charge in [0.25, 0.3) is 11.7 Å². The van der Waals surface area contributed by atoms with Crippen LogP contribution in [0.25, 0.3) is 0 Å². The van der Waals surface area contributed by atoms with Gasteiger partial charge in [0.1, 0.15) is 0 Å². The van der Waals surface area contributed by atoms with Crippen LogP contribution in [0.15, 0.2) is 18.2 Å². The lowest BCUT2D eigenvalue weighted by molar-refractivity contribution is -0.112. The monoisotopic (exact) mass is 258 g/mol. The number of carbonyl (C=O) groups excluding carboxylic acids is 2. The molecule has 2 aliphatic rings. The maximum Gasteiger partial charge on any atom is 0.296 e. The third-order valence-corrected chi connectivity index (χ3v) is 4.16. The van der Waals surface area contributed by atoms with E-state index in [1.54, 1.807) is 6.07 Å². The van der Waals surface area contributed by atoms with Gasteiger partial charge in [-0.15, -0.1) is 0 Å². The fourth-order valence-electron chi connectivity index (χ4n) is 2.96. The van der Waals surface area contributed by atoms with Gasteiger partial charge in [-0.2, -0.15) is 0 Å². The smallest absolute Gasteiger partial charge is 0.296 e. The molecule has 4 nitrogen and oxygen atoms in total. The molecule has 0 aliphatic carbocycles. The Labute approximate surface area is 112 Å². The van der Waals surface area contributed by atoms with Gasteiger partial charge in [0.15, 0.2) is 0 Å². The Kier molecular flexibility index (Phi) is 3.01. The molecule has 0 aromatic heterocycles. The van der Waals surface area contributed by atoms with E-state index in [0.717, 1.165) is 24.7 Å². The zero-order valence-corrected chi connectivity index (χ0v) is 11.1. The minimum atomic E-state index is -0.516. The Morgan fingerprint density at radius 2 is 2.21 bits per heavy atom. The van der Waals surface area contributed by atoms with Crippen molar-refractivity contribution < 1.29 is 9.59 Å². The molecule has 0 saturated carbocycles. The molecule has 1 amide bonds. The number of benzene rings is 1. The molecule has 2 aliphatic heterocycles. The number of amides is 1. The predicted molar refractivity (Wildman–Crippen MR) is 74.6 cm³/mol. The van der Waals surface area contributed by atoms with Crippen LogP contribution in [0, 0.1) is 5.92 Å². The molecule has 1 fully saturated rings. The van der Waals surface area contributed by atoms with E-state index in [4.69, 9.17) is 0 Å². The fraction of sp³-hybridized carbons (Fsp3) is 0.467. The minimum absolute atomic E-state index is 0.424. The van der Waals surface area contributed by atoms with E-state index >= 15 is 0 Å². The second-order valence-corrected chi connectivity index (χ2v) is 5.38. The summed E-state index contributed by atoms with van der Waals surface area (Å²) >= 11 is 0. The number of ketones is 1. The number of anilines is 2. The van der Waals surface area contributed by atoms with Crippen molar-refractivity contribution in [2.75, 3.05) is 23.3 Å². The number of hydrogen-bond acceptors (Lipinski definition) is 3. The summed E-state index contributed by atoms with van der Waals surface area (Å²) in [6.45, 7) is 4.35. The molecule has 1 N–H and O–H groups in total. The topological polar surface area (TPSA) is 49.4 Å². The van der Waals surface area contributed by atoms with Crippen LogP contribution < -0.4 is 10.2 Å². The van der Waals surface area contributed by atoms with Crippen molar-refractivity contribution in [2.45, 2.75) is 26.2 Å². The Morgan fingerprint density at radius 3 is 3.00 bits per heavy atom. The summed E-state index contributed by atoms with van der Waals surface area (Å²) in [5.74, 6) is -0.193. The first-order chi connectivity index (χ1) is 9.19. The van der Waals surface area contributed by atoms with E-state index in [1.165, 1.54) is 19.3 Å². The molecule has 1 aromatic rings. The second kappa shape index (κ2) is 4.68.